The Morgan fingerprint density at radius 2 is 1.80 bits per heavy atom. The predicted octanol–water partition coefficient (Wildman–Crippen LogP) is 3.59. The van der Waals surface area contributed by atoms with Crippen LogP contribution in [0.2, 0.25) is 0 Å². The second kappa shape index (κ2) is 6.29. The molecule has 1 aliphatic rings. The molecule has 0 aliphatic heterocycles. The van der Waals surface area contributed by atoms with E-state index in [-0.39, 0.29) is 5.91 Å². The summed E-state index contributed by atoms with van der Waals surface area (Å²) in [6.07, 6.45) is 3.46. The Hall–Kier alpha value is -1.51. The van der Waals surface area contributed by atoms with E-state index in [1.54, 1.807) is 0 Å². The normalized spacial score (nSPS) is 26.1. The summed E-state index contributed by atoms with van der Waals surface area (Å²) in [6.45, 7) is 6.59. The molecule has 2 N–H and O–H groups in total. The van der Waals surface area contributed by atoms with Crippen LogP contribution in [-0.2, 0) is 0 Å². The molecule has 1 amide bonds. The summed E-state index contributed by atoms with van der Waals surface area (Å²) in [7, 11) is 1.86. The Labute approximate surface area is 122 Å². The van der Waals surface area contributed by atoms with Crippen molar-refractivity contribution in [1.29, 1.82) is 0 Å². The van der Waals surface area contributed by atoms with E-state index in [1.807, 2.05) is 32.2 Å². The van der Waals surface area contributed by atoms with Crippen LogP contribution in [0.3, 0.4) is 0 Å². The minimum absolute atomic E-state index is 0.0423. The SMILES string of the molecule is CNc1cc(C)ccc1C(=O)NC1CC(C)CC(C)C1. The number of benzene rings is 1. The van der Waals surface area contributed by atoms with Gasteiger partial charge in [-0.2, -0.15) is 0 Å². The van der Waals surface area contributed by atoms with Gasteiger partial charge in [-0.15, -0.1) is 0 Å². The van der Waals surface area contributed by atoms with Crippen LogP contribution < -0.4 is 10.6 Å². The minimum Gasteiger partial charge on any atom is -0.387 e. The fourth-order valence-corrected chi connectivity index (χ4v) is 3.39. The molecule has 3 nitrogen and oxygen atoms in total. The minimum atomic E-state index is 0.0423. The number of amides is 1. The molecule has 1 aromatic carbocycles. The second-order valence-electron chi connectivity index (χ2n) is 6.39. The van der Waals surface area contributed by atoms with Gasteiger partial charge >= 0.3 is 0 Å². The Morgan fingerprint density at radius 1 is 1.15 bits per heavy atom. The number of anilines is 1. The van der Waals surface area contributed by atoms with Gasteiger partial charge in [0, 0.05) is 18.8 Å². The lowest BCUT2D eigenvalue weighted by Crippen LogP contribution is -2.40. The third-order valence-electron chi connectivity index (χ3n) is 4.20. The molecule has 0 spiro atoms. The Balaban J connectivity index is 2.08. The van der Waals surface area contributed by atoms with Crippen LogP contribution in [0.1, 0.15) is 49.0 Å². The molecule has 0 aromatic heterocycles. The van der Waals surface area contributed by atoms with Gasteiger partial charge in [-0.3, -0.25) is 4.79 Å². The van der Waals surface area contributed by atoms with Crippen LogP contribution in [0.5, 0.6) is 0 Å². The number of rotatable bonds is 3. The Bertz CT molecular complexity index is 474. The smallest absolute Gasteiger partial charge is 0.253 e. The molecule has 3 heteroatoms. The van der Waals surface area contributed by atoms with Gasteiger partial charge in [0.15, 0.2) is 0 Å². The van der Waals surface area contributed by atoms with Crippen molar-refractivity contribution in [3.05, 3.63) is 29.3 Å². The zero-order valence-electron chi connectivity index (χ0n) is 13.0. The molecule has 1 aromatic rings. The lowest BCUT2D eigenvalue weighted by atomic mass is 9.80. The number of nitrogens with one attached hydrogen (secondary N) is 2. The van der Waals surface area contributed by atoms with Gasteiger partial charge in [0.25, 0.3) is 5.91 Å². The van der Waals surface area contributed by atoms with E-state index < -0.39 is 0 Å². The summed E-state index contributed by atoms with van der Waals surface area (Å²) < 4.78 is 0. The first-order chi connectivity index (χ1) is 9.49. The van der Waals surface area contributed by atoms with E-state index in [1.165, 1.54) is 6.42 Å². The molecular formula is C17H26N2O. The first-order valence-electron chi connectivity index (χ1n) is 7.59. The van der Waals surface area contributed by atoms with Crippen molar-refractivity contribution in [2.75, 3.05) is 12.4 Å². The number of carbonyl (C=O) groups excluding carboxylic acids is 1. The third kappa shape index (κ3) is 3.53. The maximum absolute atomic E-state index is 12.5. The lowest BCUT2D eigenvalue weighted by molar-refractivity contribution is 0.0912. The number of hydrogen-bond donors (Lipinski definition) is 2. The Kier molecular flexibility index (Phi) is 4.69. The van der Waals surface area contributed by atoms with Crippen molar-refractivity contribution in [2.45, 2.75) is 46.1 Å². The van der Waals surface area contributed by atoms with Crippen molar-refractivity contribution >= 4 is 11.6 Å². The highest BCUT2D eigenvalue weighted by Crippen LogP contribution is 2.29. The van der Waals surface area contributed by atoms with Gasteiger partial charge in [0.2, 0.25) is 0 Å². The number of carbonyl (C=O) groups is 1. The highest BCUT2D eigenvalue weighted by atomic mass is 16.1. The van der Waals surface area contributed by atoms with Gasteiger partial charge in [0.1, 0.15) is 0 Å². The van der Waals surface area contributed by atoms with Gasteiger partial charge in [-0.05, 0) is 55.7 Å². The lowest BCUT2D eigenvalue weighted by Gasteiger charge is -2.32. The van der Waals surface area contributed by atoms with Gasteiger partial charge < -0.3 is 10.6 Å². The van der Waals surface area contributed by atoms with Gasteiger partial charge in [0.05, 0.1) is 5.56 Å². The molecule has 1 saturated carbocycles. The molecule has 1 aliphatic carbocycles. The third-order valence-corrected chi connectivity index (χ3v) is 4.20. The quantitative estimate of drug-likeness (QED) is 0.884. The van der Waals surface area contributed by atoms with E-state index in [0.717, 1.165) is 29.7 Å². The molecule has 0 saturated heterocycles. The monoisotopic (exact) mass is 274 g/mol. The molecule has 0 radical (unpaired) electrons. The van der Waals surface area contributed by atoms with Crippen LogP contribution in [0.15, 0.2) is 18.2 Å². The summed E-state index contributed by atoms with van der Waals surface area (Å²) >= 11 is 0. The van der Waals surface area contributed by atoms with Crippen LogP contribution in [0.4, 0.5) is 5.69 Å². The highest BCUT2D eigenvalue weighted by Gasteiger charge is 2.25. The molecular weight excluding hydrogens is 248 g/mol. The van der Waals surface area contributed by atoms with Crippen molar-refractivity contribution in [3.8, 4) is 0 Å². The maximum atomic E-state index is 12.5. The largest absolute Gasteiger partial charge is 0.387 e. The topological polar surface area (TPSA) is 41.1 Å². The summed E-state index contributed by atoms with van der Waals surface area (Å²) in [5.74, 6) is 1.44. The molecule has 2 unspecified atom stereocenters. The van der Waals surface area contributed by atoms with E-state index in [2.05, 4.69) is 24.5 Å². The summed E-state index contributed by atoms with van der Waals surface area (Å²) in [6, 6.07) is 6.22. The average Bonchev–Trinajstić information content (AvgIpc) is 2.37. The first-order valence-corrected chi connectivity index (χ1v) is 7.59. The van der Waals surface area contributed by atoms with Gasteiger partial charge in [-0.1, -0.05) is 19.9 Å². The average molecular weight is 274 g/mol. The van der Waals surface area contributed by atoms with Crippen LogP contribution in [0.25, 0.3) is 0 Å². The van der Waals surface area contributed by atoms with Crippen molar-refractivity contribution in [2.24, 2.45) is 11.8 Å². The maximum Gasteiger partial charge on any atom is 0.253 e. The molecule has 2 rings (SSSR count). The van der Waals surface area contributed by atoms with Crippen molar-refractivity contribution < 1.29 is 4.79 Å². The molecule has 1 fully saturated rings. The first kappa shape index (κ1) is 14.9. The van der Waals surface area contributed by atoms with Crippen LogP contribution in [-0.4, -0.2) is 19.0 Å². The highest BCUT2D eigenvalue weighted by molar-refractivity contribution is 5.99. The molecule has 20 heavy (non-hydrogen) atoms. The standard InChI is InChI=1S/C17H26N2O/c1-11-5-6-15(16(10-11)18-4)17(20)19-14-8-12(2)7-13(3)9-14/h5-6,10,12-14,18H,7-9H2,1-4H3,(H,19,20). The van der Waals surface area contributed by atoms with Crippen molar-refractivity contribution in [3.63, 3.8) is 0 Å². The molecule has 110 valence electrons. The summed E-state index contributed by atoms with van der Waals surface area (Å²) in [5.41, 5.74) is 2.80. The molecule has 0 bridgehead atoms. The van der Waals surface area contributed by atoms with Crippen LogP contribution in [0, 0.1) is 18.8 Å². The number of aryl methyl sites for hydroxylation is 1. The van der Waals surface area contributed by atoms with E-state index in [4.69, 9.17) is 0 Å². The zero-order chi connectivity index (χ0) is 14.7. The predicted molar refractivity (Wildman–Crippen MR) is 84.2 cm³/mol. The second-order valence-corrected chi connectivity index (χ2v) is 6.39. The van der Waals surface area contributed by atoms with E-state index in [0.29, 0.717) is 17.9 Å². The van der Waals surface area contributed by atoms with Gasteiger partial charge in [-0.25, -0.2) is 0 Å². The van der Waals surface area contributed by atoms with Crippen LogP contribution >= 0.6 is 0 Å². The van der Waals surface area contributed by atoms with E-state index in [9.17, 15) is 4.79 Å². The fraction of sp³-hybridized carbons (Fsp3) is 0.588. The number of hydrogen-bond acceptors (Lipinski definition) is 2. The fourth-order valence-electron chi connectivity index (χ4n) is 3.39. The van der Waals surface area contributed by atoms with Crippen molar-refractivity contribution in [1.82, 2.24) is 5.32 Å². The van der Waals surface area contributed by atoms with E-state index >= 15 is 0 Å². The molecule has 2 atom stereocenters. The molecule has 0 heterocycles. The summed E-state index contributed by atoms with van der Waals surface area (Å²) in [4.78, 5) is 12.5. The Morgan fingerprint density at radius 3 is 2.40 bits per heavy atom. The zero-order valence-corrected chi connectivity index (χ0v) is 13.0. The summed E-state index contributed by atoms with van der Waals surface area (Å²) in [5, 5.41) is 6.32.